The Morgan fingerprint density at radius 3 is 3.12 bits per heavy atom. The molecular weight excluding hydrogens is 230 g/mol. The van der Waals surface area contributed by atoms with E-state index in [0.717, 1.165) is 18.5 Å². The van der Waals surface area contributed by atoms with Crippen molar-refractivity contribution in [3.8, 4) is 0 Å². The van der Waals surface area contributed by atoms with Gasteiger partial charge in [-0.25, -0.2) is 4.98 Å². The molecule has 2 heterocycles. The highest BCUT2D eigenvalue weighted by Crippen LogP contribution is 2.40. The Balaban J connectivity index is 1.95. The van der Waals surface area contributed by atoms with Crippen LogP contribution in [0.1, 0.15) is 40.2 Å². The highest BCUT2D eigenvalue weighted by molar-refractivity contribution is 7.09. The van der Waals surface area contributed by atoms with Gasteiger partial charge in [0.05, 0.1) is 11.2 Å². The molecule has 2 aromatic heterocycles. The highest BCUT2D eigenvalue weighted by atomic mass is 32.1. The Morgan fingerprint density at radius 2 is 2.35 bits per heavy atom. The van der Waals surface area contributed by atoms with Gasteiger partial charge in [0, 0.05) is 28.7 Å². The lowest BCUT2D eigenvalue weighted by molar-refractivity contribution is 0.545. The summed E-state index contributed by atoms with van der Waals surface area (Å²) in [5, 5.41) is 0. The fourth-order valence-corrected chi connectivity index (χ4v) is 3.48. The fraction of sp³-hybridized carbons (Fsp3) is 0.385. The van der Waals surface area contributed by atoms with Gasteiger partial charge in [-0.05, 0) is 31.4 Å². The summed E-state index contributed by atoms with van der Waals surface area (Å²) in [5.41, 5.74) is 11.9. The molecule has 1 aliphatic rings. The molecule has 0 fully saturated rings. The smallest absolute Gasteiger partial charge is 0.0798 e. The van der Waals surface area contributed by atoms with Gasteiger partial charge in [0.1, 0.15) is 0 Å². The minimum Gasteiger partial charge on any atom is -0.323 e. The summed E-state index contributed by atoms with van der Waals surface area (Å²) in [6, 6.07) is 4.21. The van der Waals surface area contributed by atoms with E-state index in [-0.39, 0.29) is 6.04 Å². The standard InChI is InChI=1S/C13H15N3S/c1-8-13(17-7-16-8)11(14)10-5-4-9-3-2-6-15-12(9)10/h2-3,6-7,10-11H,4-5,14H2,1H3. The van der Waals surface area contributed by atoms with Gasteiger partial charge in [-0.1, -0.05) is 6.07 Å². The van der Waals surface area contributed by atoms with E-state index < -0.39 is 0 Å². The molecule has 0 spiro atoms. The zero-order valence-electron chi connectivity index (χ0n) is 9.76. The molecule has 2 unspecified atom stereocenters. The molecule has 2 aromatic rings. The Labute approximate surface area is 105 Å². The van der Waals surface area contributed by atoms with Gasteiger partial charge in [-0.15, -0.1) is 11.3 Å². The third kappa shape index (κ3) is 1.77. The maximum atomic E-state index is 6.39. The minimum atomic E-state index is 0.0404. The van der Waals surface area contributed by atoms with Gasteiger partial charge in [0.15, 0.2) is 0 Å². The van der Waals surface area contributed by atoms with Crippen LogP contribution < -0.4 is 5.73 Å². The molecule has 88 valence electrons. The predicted octanol–water partition coefficient (Wildman–Crippen LogP) is 2.58. The van der Waals surface area contributed by atoms with E-state index in [1.54, 1.807) is 11.3 Å². The summed E-state index contributed by atoms with van der Waals surface area (Å²) in [6.07, 6.45) is 4.06. The van der Waals surface area contributed by atoms with Crippen molar-refractivity contribution in [1.82, 2.24) is 9.97 Å². The first-order chi connectivity index (χ1) is 8.27. The van der Waals surface area contributed by atoms with Crippen LogP contribution in [0.2, 0.25) is 0 Å². The van der Waals surface area contributed by atoms with Crippen LogP contribution in [0, 0.1) is 6.92 Å². The van der Waals surface area contributed by atoms with E-state index in [0.29, 0.717) is 5.92 Å². The van der Waals surface area contributed by atoms with E-state index in [1.165, 1.54) is 16.1 Å². The molecule has 0 aliphatic heterocycles. The average Bonchev–Trinajstić information content (AvgIpc) is 2.94. The quantitative estimate of drug-likeness (QED) is 0.884. The normalized spacial score (nSPS) is 20.2. The number of nitrogens with zero attached hydrogens (tertiary/aromatic N) is 2. The summed E-state index contributed by atoms with van der Waals surface area (Å²) < 4.78 is 0. The first-order valence-corrected chi connectivity index (χ1v) is 6.74. The summed E-state index contributed by atoms with van der Waals surface area (Å²) in [6.45, 7) is 2.03. The van der Waals surface area contributed by atoms with E-state index in [1.807, 2.05) is 24.7 Å². The lowest BCUT2D eigenvalue weighted by Crippen LogP contribution is -2.18. The number of hydrogen-bond donors (Lipinski definition) is 1. The van der Waals surface area contributed by atoms with Crippen LogP contribution in [0.3, 0.4) is 0 Å². The largest absolute Gasteiger partial charge is 0.323 e. The van der Waals surface area contributed by atoms with Crippen LogP contribution in [0.5, 0.6) is 0 Å². The molecule has 4 heteroatoms. The summed E-state index contributed by atoms with van der Waals surface area (Å²) >= 11 is 1.66. The molecule has 3 nitrogen and oxygen atoms in total. The topological polar surface area (TPSA) is 51.8 Å². The molecule has 0 saturated heterocycles. The predicted molar refractivity (Wildman–Crippen MR) is 69.1 cm³/mol. The first-order valence-electron chi connectivity index (χ1n) is 5.86. The molecule has 0 saturated carbocycles. The molecule has 2 atom stereocenters. The van der Waals surface area contributed by atoms with E-state index >= 15 is 0 Å². The van der Waals surface area contributed by atoms with E-state index in [9.17, 15) is 0 Å². The van der Waals surface area contributed by atoms with Crippen molar-refractivity contribution in [2.24, 2.45) is 5.73 Å². The van der Waals surface area contributed by atoms with Crippen LogP contribution in [0.15, 0.2) is 23.8 Å². The van der Waals surface area contributed by atoms with Gasteiger partial charge >= 0.3 is 0 Å². The Bertz CT molecular complexity index is 535. The zero-order valence-corrected chi connectivity index (χ0v) is 10.6. The number of fused-ring (bicyclic) bond motifs is 1. The molecule has 1 aliphatic carbocycles. The van der Waals surface area contributed by atoms with E-state index in [4.69, 9.17) is 5.73 Å². The van der Waals surface area contributed by atoms with Crippen LogP contribution in [0.25, 0.3) is 0 Å². The van der Waals surface area contributed by atoms with Crippen molar-refractivity contribution in [3.63, 3.8) is 0 Å². The molecule has 0 aromatic carbocycles. The molecular formula is C13H15N3S. The number of thiazole rings is 1. The van der Waals surface area contributed by atoms with Crippen molar-refractivity contribution >= 4 is 11.3 Å². The maximum Gasteiger partial charge on any atom is 0.0798 e. The lowest BCUT2D eigenvalue weighted by Gasteiger charge is -2.18. The summed E-state index contributed by atoms with van der Waals surface area (Å²) in [7, 11) is 0. The second kappa shape index (κ2) is 4.20. The number of rotatable bonds is 2. The molecule has 3 rings (SSSR count). The number of nitrogens with two attached hydrogens (primary N) is 1. The third-order valence-corrected chi connectivity index (χ3v) is 4.55. The SMILES string of the molecule is Cc1ncsc1C(N)C1CCc2cccnc21. The average molecular weight is 245 g/mol. The van der Waals surface area contributed by atoms with Crippen molar-refractivity contribution in [2.75, 3.05) is 0 Å². The third-order valence-electron chi connectivity index (χ3n) is 3.52. The second-order valence-electron chi connectivity index (χ2n) is 4.52. The van der Waals surface area contributed by atoms with Gasteiger partial charge in [-0.2, -0.15) is 0 Å². The number of aryl methyl sites for hydroxylation is 2. The zero-order chi connectivity index (χ0) is 11.8. The van der Waals surface area contributed by atoms with E-state index in [2.05, 4.69) is 16.0 Å². The molecule has 0 radical (unpaired) electrons. The summed E-state index contributed by atoms with van der Waals surface area (Å²) in [5.74, 6) is 0.352. The summed E-state index contributed by atoms with van der Waals surface area (Å²) in [4.78, 5) is 9.99. The van der Waals surface area contributed by atoms with Crippen LogP contribution in [-0.2, 0) is 6.42 Å². The minimum absolute atomic E-state index is 0.0404. The molecule has 17 heavy (non-hydrogen) atoms. The Kier molecular flexibility index (Phi) is 2.68. The van der Waals surface area contributed by atoms with Crippen LogP contribution in [0.4, 0.5) is 0 Å². The Morgan fingerprint density at radius 1 is 1.47 bits per heavy atom. The van der Waals surface area contributed by atoms with Crippen molar-refractivity contribution in [2.45, 2.75) is 31.7 Å². The van der Waals surface area contributed by atoms with Gasteiger partial charge in [0.25, 0.3) is 0 Å². The van der Waals surface area contributed by atoms with Crippen LogP contribution in [-0.4, -0.2) is 9.97 Å². The number of hydrogen-bond acceptors (Lipinski definition) is 4. The first kappa shape index (κ1) is 10.9. The number of pyridine rings is 1. The lowest BCUT2D eigenvalue weighted by atomic mass is 9.96. The maximum absolute atomic E-state index is 6.39. The van der Waals surface area contributed by atoms with Gasteiger partial charge in [-0.3, -0.25) is 4.98 Å². The highest BCUT2D eigenvalue weighted by Gasteiger charge is 2.31. The van der Waals surface area contributed by atoms with Gasteiger partial charge in [0.2, 0.25) is 0 Å². The van der Waals surface area contributed by atoms with Gasteiger partial charge < -0.3 is 5.73 Å². The monoisotopic (exact) mass is 245 g/mol. The molecule has 2 N–H and O–H groups in total. The van der Waals surface area contributed by atoms with Crippen LogP contribution >= 0.6 is 11.3 Å². The number of aromatic nitrogens is 2. The fourth-order valence-electron chi connectivity index (χ4n) is 2.61. The second-order valence-corrected chi connectivity index (χ2v) is 5.41. The molecule has 0 amide bonds. The van der Waals surface area contributed by atoms with Crippen molar-refractivity contribution < 1.29 is 0 Å². The van der Waals surface area contributed by atoms with Crippen molar-refractivity contribution in [3.05, 3.63) is 45.7 Å². The Hall–Kier alpha value is -1.26. The van der Waals surface area contributed by atoms with Crippen molar-refractivity contribution in [1.29, 1.82) is 0 Å². The molecule has 0 bridgehead atoms.